The summed E-state index contributed by atoms with van der Waals surface area (Å²) in [4.78, 5) is 10.8. The molecule has 0 amide bonds. The average molecular weight is 941 g/mol. The number of fused-ring (bicyclic) bond motifs is 1. The van der Waals surface area contributed by atoms with Crippen LogP contribution in [0.25, 0.3) is 95.0 Å². The second kappa shape index (κ2) is 19.4. The largest absolute Gasteiger partial charge is 0.507 e. The van der Waals surface area contributed by atoms with Crippen molar-refractivity contribution >= 4 is 11.0 Å². The number of hydrogen-bond donors (Lipinski definition) is 1. The highest BCUT2D eigenvalue weighted by atomic mass is 16.3. The van der Waals surface area contributed by atoms with Crippen LogP contribution in [0.4, 0.5) is 0 Å². The van der Waals surface area contributed by atoms with Gasteiger partial charge in [-0.1, -0.05) is 190 Å². The second-order valence-electron chi connectivity index (χ2n) is 21.3. The van der Waals surface area contributed by atoms with Gasteiger partial charge in [0.05, 0.1) is 28.0 Å². The van der Waals surface area contributed by atoms with E-state index in [0.717, 1.165) is 100 Å². The molecule has 4 heteroatoms. The van der Waals surface area contributed by atoms with Gasteiger partial charge in [0.15, 0.2) is 0 Å². The van der Waals surface area contributed by atoms with E-state index in [1.165, 1.54) is 11.1 Å². The van der Waals surface area contributed by atoms with Gasteiger partial charge in [0.2, 0.25) is 0 Å². The Kier molecular flexibility index (Phi) is 12.6. The summed E-state index contributed by atoms with van der Waals surface area (Å²) in [5.74, 6) is 0.534. The van der Waals surface area contributed by atoms with E-state index in [1.54, 1.807) is 0 Å². The first-order valence-electron chi connectivity index (χ1n) is 25.9. The number of imidazole rings is 1. The van der Waals surface area contributed by atoms with Crippen LogP contribution in [-0.2, 0) is 5.41 Å². The van der Waals surface area contributed by atoms with Gasteiger partial charge in [-0.05, 0) is 157 Å². The van der Waals surface area contributed by atoms with Crippen LogP contribution in [0.15, 0.2) is 188 Å². The lowest BCUT2D eigenvalue weighted by atomic mass is 9.85. The number of pyridine rings is 1. The normalized spacial score (nSPS) is 12.2. The van der Waals surface area contributed by atoms with Crippen molar-refractivity contribution in [1.82, 2.24) is 14.5 Å². The Morgan fingerprint density at radius 1 is 0.500 bits per heavy atom. The Morgan fingerprint density at radius 2 is 1.12 bits per heavy atom. The molecule has 2 aromatic heterocycles. The molecule has 0 aliphatic rings. The molecule has 358 valence electrons. The number of nitrogens with zero attached hydrogens (tertiary/aromatic N) is 3. The van der Waals surface area contributed by atoms with E-state index in [2.05, 4.69) is 242 Å². The number of aromatic nitrogens is 3. The summed E-state index contributed by atoms with van der Waals surface area (Å²) < 4.78 is 10.9. The molecule has 0 aliphatic carbocycles. The number of aromatic hydroxyl groups is 1. The molecular weight excluding hydrogens is 875 g/mol. The van der Waals surface area contributed by atoms with Gasteiger partial charge in [0.25, 0.3) is 0 Å². The van der Waals surface area contributed by atoms with E-state index in [1.807, 2.05) is 20.0 Å². The smallest absolute Gasteiger partial charge is 0.149 e. The Balaban J connectivity index is 1.26. The third-order valence-electron chi connectivity index (χ3n) is 14.3. The standard InChI is InChI=1S/C68H65N3O/c1-42(2)46-24-26-48(27-25-46)51-32-33-69-62(40-51)55-36-53(47-18-13-11-14-19-47)35-54(37-55)57-22-17-23-63-65(57)70-67(61-39-52(43(3)4)38-58(44(5)6)66(61)72)71(63)64-41-59(49-20-15-12-16-21-49)45(7)34-60(64)50-28-30-56(31-29-50)68(8,9)10/h11-44,72H,1-10H3/i42D. The maximum absolute atomic E-state index is 12.6. The summed E-state index contributed by atoms with van der Waals surface area (Å²) >= 11 is 0. The molecule has 0 bridgehead atoms. The number of para-hydroxylation sites is 1. The van der Waals surface area contributed by atoms with E-state index >= 15 is 0 Å². The van der Waals surface area contributed by atoms with E-state index in [9.17, 15) is 5.11 Å². The minimum absolute atomic E-state index is 0.00512. The van der Waals surface area contributed by atoms with E-state index in [-0.39, 0.29) is 23.0 Å². The van der Waals surface area contributed by atoms with Crippen LogP contribution >= 0.6 is 0 Å². The molecule has 72 heavy (non-hydrogen) atoms. The van der Waals surface area contributed by atoms with Crippen molar-refractivity contribution in [2.75, 3.05) is 0 Å². The van der Waals surface area contributed by atoms with Gasteiger partial charge >= 0.3 is 0 Å². The van der Waals surface area contributed by atoms with Crippen LogP contribution < -0.4 is 0 Å². The molecule has 0 saturated carbocycles. The molecule has 0 spiro atoms. The van der Waals surface area contributed by atoms with Gasteiger partial charge in [-0.2, -0.15) is 0 Å². The summed E-state index contributed by atoms with van der Waals surface area (Å²) in [5.41, 5.74) is 21.4. The molecule has 8 aromatic carbocycles. The fourth-order valence-electron chi connectivity index (χ4n) is 10.1. The lowest BCUT2D eigenvalue weighted by Crippen LogP contribution is -2.10. The number of phenolic OH excluding ortho intramolecular Hbond substituents is 1. The van der Waals surface area contributed by atoms with Gasteiger partial charge in [0, 0.05) is 24.3 Å². The van der Waals surface area contributed by atoms with Crippen molar-refractivity contribution in [3.05, 3.63) is 216 Å². The van der Waals surface area contributed by atoms with Crippen LogP contribution in [0.1, 0.15) is 109 Å². The molecule has 0 fully saturated rings. The molecule has 0 saturated heterocycles. The number of hydrogen-bond acceptors (Lipinski definition) is 3. The Hall–Kier alpha value is -7.82. The monoisotopic (exact) mass is 941 g/mol. The third-order valence-corrected chi connectivity index (χ3v) is 14.3. The molecule has 0 unspecified atom stereocenters. The van der Waals surface area contributed by atoms with Crippen LogP contribution in [0, 0.1) is 6.92 Å². The molecule has 4 nitrogen and oxygen atoms in total. The second-order valence-corrected chi connectivity index (χ2v) is 21.3. The first-order chi connectivity index (χ1) is 34.9. The van der Waals surface area contributed by atoms with Crippen molar-refractivity contribution in [1.29, 1.82) is 0 Å². The minimum atomic E-state index is -0.683. The lowest BCUT2D eigenvalue weighted by Gasteiger charge is -2.22. The maximum atomic E-state index is 12.6. The predicted molar refractivity (Wildman–Crippen MR) is 304 cm³/mol. The predicted octanol–water partition coefficient (Wildman–Crippen LogP) is 18.8. The van der Waals surface area contributed by atoms with Gasteiger partial charge in [-0.3, -0.25) is 9.55 Å². The van der Waals surface area contributed by atoms with Crippen molar-refractivity contribution in [3.8, 4) is 89.7 Å². The van der Waals surface area contributed by atoms with E-state index in [0.29, 0.717) is 11.4 Å². The quantitative estimate of drug-likeness (QED) is 0.141. The van der Waals surface area contributed by atoms with Gasteiger partial charge in [-0.25, -0.2) is 4.98 Å². The first kappa shape index (κ1) is 46.6. The van der Waals surface area contributed by atoms with Gasteiger partial charge in [-0.15, -0.1) is 0 Å². The molecule has 0 atom stereocenters. The van der Waals surface area contributed by atoms with E-state index < -0.39 is 5.89 Å². The Bertz CT molecular complexity index is 3630. The van der Waals surface area contributed by atoms with Crippen molar-refractivity contribution in [2.24, 2.45) is 0 Å². The van der Waals surface area contributed by atoms with Crippen LogP contribution in [-0.4, -0.2) is 19.6 Å². The highest BCUT2D eigenvalue weighted by Gasteiger charge is 2.26. The van der Waals surface area contributed by atoms with Crippen molar-refractivity contribution in [2.45, 2.75) is 92.4 Å². The number of benzene rings is 8. The summed E-state index contributed by atoms with van der Waals surface area (Å²) in [7, 11) is 0. The fraction of sp³-hybridized carbons (Fsp3) is 0.206. The van der Waals surface area contributed by atoms with Crippen molar-refractivity contribution < 1.29 is 6.48 Å². The Morgan fingerprint density at radius 3 is 1.78 bits per heavy atom. The van der Waals surface area contributed by atoms with Crippen LogP contribution in [0.3, 0.4) is 0 Å². The number of aryl methyl sites for hydroxylation is 1. The number of rotatable bonds is 11. The molecule has 10 rings (SSSR count). The summed E-state index contributed by atoms with van der Waals surface area (Å²) in [6.45, 7) is 21.5. The third kappa shape index (κ3) is 9.30. The summed E-state index contributed by atoms with van der Waals surface area (Å²) in [6, 6.07) is 64.9. The average Bonchev–Trinajstić information content (AvgIpc) is 3.78. The zero-order valence-corrected chi connectivity index (χ0v) is 43.3. The highest BCUT2D eigenvalue weighted by molar-refractivity contribution is 5.99. The molecule has 0 radical (unpaired) electrons. The zero-order chi connectivity index (χ0) is 51.3. The zero-order valence-electron chi connectivity index (χ0n) is 44.3. The summed E-state index contributed by atoms with van der Waals surface area (Å²) in [5, 5.41) is 12.6. The summed E-state index contributed by atoms with van der Waals surface area (Å²) in [6.07, 6.45) is 1.89. The highest BCUT2D eigenvalue weighted by Crippen LogP contribution is 2.46. The molecule has 0 aliphatic heterocycles. The Labute approximate surface area is 428 Å². The lowest BCUT2D eigenvalue weighted by molar-refractivity contribution is 0.466. The molecule has 2 heterocycles. The fourth-order valence-corrected chi connectivity index (χ4v) is 10.1. The SMILES string of the molecule is [2H]C(C)(C)c1ccc(-c2ccnc(-c3cc(-c4ccccc4)cc(-c4cccc5c4nc(-c4cc(C(C)C)cc(C(C)C)c4O)n5-c4cc(-c5ccccc5)c(C)cc4-c4ccc(C(C)(C)C)cc4)c3)c2)cc1. The van der Waals surface area contributed by atoms with Crippen LogP contribution in [0.2, 0.25) is 0 Å². The van der Waals surface area contributed by atoms with Crippen LogP contribution in [0.5, 0.6) is 5.75 Å². The first-order valence-corrected chi connectivity index (χ1v) is 25.4. The minimum Gasteiger partial charge on any atom is -0.507 e. The molecular formula is C68H65N3O. The molecule has 10 aromatic rings. The maximum Gasteiger partial charge on any atom is 0.149 e. The number of phenols is 1. The van der Waals surface area contributed by atoms with E-state index in [4.69, 9.17) is 11.3 Å². The van der Waals surface area contributed by atoms with Gasteiger partial charge < -0.3 is 5.11 Å². The topological polar surface area (TPSA) is 50.9 Å². The van der Waals surface area contributed by atoms with Gasteiger partial charge in [0.1, 0.15) is 11.6 Å². The molecule has 1 N–H and O–H groups in total. The van der Waals surface area contributed by atoms with Crippen molar-refractivity contribution in [3.63, 3.8) is 0 Å².